The van der Waals surface area contributed by atoms with Gasteiger partial charge in [0.15, 0.2) is 0 Å². The third-order valence-electron chi connectivity index (χ3n) is 1.90. The van der Waals surface area contributed by atoms with E-state index in [-0.39, 0.29) is 18.5 Å². The van der Waals surface area contributed by atoms with Crippen LogP contribution in [0, 0.1) is 5.92 Å². The Bertz CT molecular complexity index is 218. The average Bonchev–Trinajstić information content (AvgIpc) is 2.07. The number of carbonyl (C=O) groups is 1. The van der Waals surface area contributed by atoms with E-state index in [1.807, 2.05) is 0 Å². The Labute approximate surface area is 71.3 Å². The molecule has 0 amide bonds. The topological polar surface area (TPSA) is 46.5 Å². The Balaban J connectivity index is 2.71. The molecule has 0 spiro atoms. The van der Waals surface area contributed by atoms with Crippen LogP contribution in [0.5, 0.6) is 0 Å². The number of aliphatic hydroxyl groups excluding tert-OH is 1. The normalized spacial score (nSPS) is 19.4. The zero-order valence-corrected chi connectivity index (χ0v) is 6.82. The van der Waals surface area contributed by atoms with Gasteiger partial charge in [-0.2, -0.15) is 0 Å². The Morgan fingerprint density at radius 1 is 1.83 bits per heavy atom. The van der Waals surface area contributed by atoms with E-state index in [0.29, 0.717) is 13.0 Å². The number of carbonyl (C=O) groups excluding carboxylic acids is 1. The zero-order valence-electron chi connectivity index (χ0n) is 6.82. The number of ether oxygens (including phenoxy) is 1. The summed E-state index contributed by atoms with van der Waals surface area (Å²) < 4.78 is 4.72. The smallest absolute Gasteiger partial charge is 0.330 e. The van der Waals surface area contributed by atoms with Gasteiger partial charge in [0.05, 0.1) is 13.2 Å². The van der Waals surface area contributed by atoms with Crippen molar-refractivity contribution in [2.45, 2.75) is 6.42 Å². The van der Waals surface area contributed by atoms with Crippen LogP contribution in [-0.2, 0) is 9.53 Å². The fourth-order valence-corrected chi connectivity index (χ4v) is 1.17. The van der Waals surface area contributed by atoms with Gasteiger partial charge in [0, 0.05) is 18.4 Å². The monoisotopic (exact) mass is 168 g/mol. The van der Waals surface area contributed by atoms with Crippen LogP contribution >= 0.6 is 0 Å². The maximum Gasteiger partial charge on any atom is 0.330 e. The van der Waals surface area contributed by atoms with Gasteiger partial charge in [-0.25, -0.2) is 4.79 Å². The molecule has 1 aliphatic heterocycles. The van der Waals surface area contributed by atoms with E-state index < -0.39 is 0 Å². The fraction of sp³-hybridized carbons (Fsp3) is 0.444. The quantitative estimate of drug-likeness (QED) is 0.497. The van der Waals surface area contributed by atoms with Crippen molar-refractivity contribution in [2.75, 3.05) is 13.2 Å². The van der Waals surface area contributed by atoms with Crippen LogP contribution in [0.3, 0.4) is 0 Å². The Morgan fingerprint density at radius 3 is 3.08 bits per heavy atom. The molecule has 0 aromatic carbocycles. The molecule has 3 heteroatoms. The Kier molecular flexibility index (Phi) is 3.05. The third-order valence-corrected chi connectivity index (χ3v) is 1.90. The van der Waals surface area contributed by atoms with Gasteiger partial charge in [-0.05, 0) is 0 Å². The van der Waals surface area contributed by atoms with Crippen molar-refractivity contribution in [3.05, 3.63) is 24.3 Å². The summed E-state index contributed by atoms with van der Waals surface area (Å²) >= 11 is 0. The molecule has 0 fully saturated rings. The summed E-state index contributed by atoms with van der Waals surface area (Å²) in [5, 5.41) is 8.90. The molecule has 12 heavy (non-hydrogen) atoms. The molecular formula is C9H12O3. The van der Waals surface area contributed by atoms with Crippen molar-refractivity contribution in [2.24, 2.45) is 5.92 Å². The second-order valence-electron chi connectivity index (χ2n) is 2.66. The van der Waals surface area contributed by atoms with Crippen LogP contribution in [0.1, 0.15) is 6.42 Å². The Hall–Kier alpha value is -1.09. The summed E-state index contributed by atoms with van der Waals surface area (Å²) in [6, 6.07) is 0. The van der Waals surface area contributed by atoms with E-state index in [2.05, 4.69) is 6.58 Å². The van der Waals surface area contributed by atoms with Crippen LogP contribution in [0.15, 0.2) is 24.3 Å². The number of cyclic esters (lactones) is 1. The molecular weight excluding hydrogens is 156 g/mol. The van der Waals surface area contributed by atoms with Gasteiger partial charge >= 0.3 is 5.97 Å². The average molecular weight is 168 g/mol. The van der Waals surface area contributed by atoms with Crippen LogP contribution < -0.4 is 0 Å². The van der Waals surface area contributed by atoms with E-state index in [0.717, 1.165) is 5.57 Å². The summed E-state index contributed by atoms with van der Waals surface area (Å²) in [5.74, 6) is -0.422. The van der Waals surface area contributed by atoms with Crippen LogP contribution in [-0.4, -0.2) is 24.3 Å². The number of hydrogen-bond donors (Lipinski definition) is 1. The fourth-order valence-electron chi connectivity index (χ4n) is 1.17. The molecule has 1 heterocycles. The van der Waals surface area contributed by atoms with Crippen molar-refractivity contribution >= 4 is 5.97 Å². The molecule has 0 aromatic heterocycles. The van der Waals surface area contributed by atoms with E-state index in [1.54, 1.807) is 6.08 Å². The van der Waals surface area contributed by atoms with Gasteiger partial charge in [0.2, 0.25) is 0 Å². The highest BCUT2D eigenvalue weighted by molar-refractivity contribution is 5.83. The van der Waals surface area contributed by atoms with Crippen molar-refractivity contribution < 1.29 is 14.6 Å². The second-order valence-corrected chi connectivity index (χ2v) is 2.66. The number of hydrogen-bond acceptors (Lipinski definition) is 3. The van der Waals surface area contributed by atoms with Crippen LogP contribution in [0.4, 0.5) is 0 Å². The van der Waals surface area contributed by atoms with E-state index in [9.17, 15) is 4.79 Å². The van der Waals surface area contributed by atoms with Crippen molar-refractivity contribution in [1.82, 2.24) is 0 Å². The predicted octanol–water partition coefficient (Wildman–Crippen LogP) is 0.654. The molecule has 0 saturated carbocycles. The molecule has 0 radical (unpaired) electrons. The van der Waals surface area contributed by atoms with Crippen molar-refractivity contribution in [3.63, 3.8) is 0 Å². The van der Waals surface area contributed by atoms with Gasteiger partial charge in [0.25, 0.3) is 0 Å². The molecule has 0 bridgehead atoms. The molecule has 1 atom stereocenters. The molecule has 1 unspecified atom stereocenters. The molecule has 1 N–H and O–H groups in total. The molecule has 66 valence electrons. The summed E-state index contributed by atoms with van der Waals surface area (Å²) in [6.07, 6.45) is 3.78. The largest absolute Gasteiger partial charge is 0.462 e. The van der Waals surface area contributed by atoms with E-state index >= 15 is 0 Å². The third kappa shape index (κ3) is 1.95. The van der Waals surface area contributed by atoms with Gasteiger partial charge in [-0.1, -0.05) is 11.6 Å². The maximum atomic E-state index is 10.8. The summed E-state index contributed by atoms with van der Waals surface area (Å²) in [6.45, 7) is 3.99. The van der Waals surface area contributed by atoms with Gasteiger partial charge < -0.3 is 9.84 Å². The van der Waals surface area contributed by atoms with E-state index in [4.69, 9.17) is 9.84 Å². The minimum absolute atomic E-state index is 0.00259. The summed E-state index contributed by atoms with van der Waals surface area (Å²) in [4.78, 5) is 10.8. The van der Waals surface area contributed by atoms with Crippen molar-refractivity contribution in [1.29, 1.82) is 0 Å². The van der Waals surface area contributed by atoms with Crippen molar-refractivity contribution in [3.8, 4) is 0 Å². The minimum atomic E-state index is -0.323. The highest BCUT2D eigenvalue weighted by atomic mass is 16.5. The standard InChI is InChI=1S/C9H12O3/c1-2-7(6-10)8-3-4-12-9(11)5-8/h2,5,7,10H,1,3-4,6H2. The number of rotatable bonds is 3. The Morgan fingerprint density at radius 2 is 2.58 bits per heavy atom. The summed E-state index contributed by atoms with van der Waals surface area (Å²) in [5.41, 5.74) is 0.906. The minimum Gasteiger partial charge on any atom is -0.462 e. The molecule has 1 aliphatic rings. The van der Waals surface area contributed by atoms with Crippen LogP contribution in [0.2, 0.25) is 0 Å². The first kappa shape index (κ1) is 9.00. The maximum absolute atomic E-state index is 10.8. The summed E-state index contributed by atoms with van der Waals surface area (Å²) in [7, 11) is 0. The lowest BCUT2D eigenvalue weighted by Gasteiger charge is -2.17. The number of esters is 1. The van der Waals surface area contributed by atoms with Gasteiger partial charge in [-0.15, -0.1) is 6.58 Å². The first-order valence-corrected chi connectivity index (χ1v) is 3.88. The lowest BCUT2D eigenvalue weighted by atomic mass is 9.96. The molecule has 0 aliphatic carbocycles. The number of aliphatic hydroxyl groups is 1. The highest BCUT2D eigenvalue weighted by Crippen LogP contribution is 2.18. The molecule has 0 aromatic rings. The predicted molar refractivity (Wildman–Crippen MR) is 44.4 cm³/mol. The second kappa shape index (κ2) is 4.07. The van der Waals surface area contributed by atoms with Gasteiger partial charge in [0.1, 0.15) is 0 Å². The lowest BCUT2D eigenvalue weighted by molar-refractivity contribution is -0.138. The molecule has 3 nitrogen and oxygen atoms in total. The zero-order chi connectivity index (χ0) is 8.97. The van der Waals surface area contributed by atoms with E-state index in [1.165, 1.54) is 6.08 Å². The molecule has 1 rings (SSSR count). The van der Waals surface area contributed by atoms with Gasteiger partial charge in [-0.3, -0.25) is 0 Å². The molecule has 0 saturated heterocycles. The lowest BCUT2D eigenvalue weighted by Crippen LogP contribution is -2.16. The SMILES string of the molecule is C=CC(CO)C1=CC(=O)OCC1. The van der Waals surface area contributed by atoms with Crippen LogP contribution in [0.25, 0.3) is 0 Å². The first-order valence-electron chi connectivity index (χ1n) is 3.88. The first-order chi connectivity index (χ1) is 5.77. The highest BCUT2D eigenvalue weighted by Gasteiger charge is 2.16.